The lowest BCUT2D eigenvalue weighted by Gasteiger charge is -2.69. The van der Waals surface area contributed by atoms with Gasteiger partial charge in [0.1, 0.15) is 11.2 Å². The van der Waals surface area contributed by atoms with Crippen LogP contribution in [0.1, 0.15) is 39.0 Å². The van der Waals surface area contributed by atoms with Crippen molar-refractivity contribution in [1.29, 1.82) is 0 Å². The maximum Gasteiger partial charge on any atom is 0.110 e. The van der Waals surface area contributed by atoms with Crippen molar-refractivity contribution in [3.05, 3.63) is 0 Å². The van der Waals surface area contributed by atoms with Gasteiger partial charge < -0.3 is 29.9 Å². The van der Waals surface area contributed by atoms with Gasteiger partial charge in [0, 0.05) is 50.4 Å². The Kier molecular flexibility index (Phi) is 3.71. The van der Waals surface area contributed by atoms with Gasteiger partial charge in [-0.2, -0.15) is 0 Å². The number of ether oxygens (including phenoxy) is 2. The van der Waals surface area contributed by atoms with E-state index in [4.69, 9.17) is 9.47 Å². The summed E-state index contributed by atoms with van der Waals surface area (Å²) in [4.78, 5) is 2.16. The molecule has 12 atom stereocenters. The summed E-state index contributed by atoms with van der Waals surface area (Å²) in [5, 5.41) is 48.0. The van der Waals surface area contributed by atoms with E-state index in [0.717, 1.165) is 6.42 Å². The summed E-state index contributed by atoms with van der Waals surface area (Å²) in [5.41, 5.74) is -4.28. The van der Waals surface area contributed by atoms with E-state index in [1.54, 1.807) is 14.2 Å². The maximum absolute atomic E-state index is 12.4. The summed E-state index contributed by atoms with van der Waals surface area (Å²) in [6.45, 7) is 3.23. The highest BCUT2D eigenvalue weighted by atomic mass is 16.5. The lowest BCUT2D eigenvalue weighted by Crippen LogP contribution is -2.82. The van der Waals surface area contributed by atoms with Crippen molar-refractivity contribution in [2.75, 3.05) is 27.3 Å². The number of rotatable bonds is 3. The third-order valence-electron chi connectivity index (χ3n) is 10.6. The quantitative estimate of drug-likeness (QED) is 0.510. The maximum atomic E-state index is 12.4. The molecule has 5 saturated carbocycles. The van der Waals surface area contributed by atoms with Crippen LogP contribution in [-0.4, -0.2) is 93.8 Å². The Labute approximate surface area is 172 Å². The zero-order valence-electron chi connectivity index (χ0n) is 17.6. The second-order valence-corrected chi connectivity index (χ2v) is 10.9. The number of likely N-dealkylation sites (N-methyl/N-ethyl adjacent to an activating group) is 1. The molecule has 1 saturated heterocycles. The molecule has 7 nitrogen and oxygen atoms in total. The Bertz CT molecular complexity index is 736. The van der Waals surface area contributed by atoms with Gasteiger partial charge in [0.05, 0.1) is 30.0 Å². The molecule has 0 amide bonds. The fraction of sp³-hybridized carbons (Fsp3) is 1.00. The van der Waals surface area contributed by atoms with Crippen molar-refractivity contribution in [2.45, 2.75) is 80.2 Å². The molecule has 6 rings (SSSR count). The summed E-state index contributed by atoms with van der Waals surface area (Å²) < 4.78 is 11.8. The molecule has 164 valence electrons. The Morgan fingerprint density at radius 1 is 1.07 bits per heavy atom. The van der Waals surface area contributed by atoms with Crippen molar-refractivity contribution in [2.24, 2.45) is 29.1 Å². The normalized spacial score (nSPS) is 65.1. The highest BCUT2D eigenvalue weighted by Crippen LogP contribution is 2.78. The molecule has 0 radical (unpaired) electrons. The van der Waals surface area contributed by atoms with Gasteiger partial charge in [0.15, 0.2) is 0 Å². The van der Waals surface area contributed by atoms with Crippen LogP contribution in [0.4, 0.5) is 0 Å². The summed E-state index contributed by atoms with van der Waals surface area (Å²) in [6, 6.07) is -0.348. The number of fused-ring (bicyclic) bond motifs is 2. The van der Waals surface area contributed by atoms with Gasteiger partial charge in [-0.3, -0.25) is 4.90 Å². The van der Waals surface area contributed by atoms with Gasteiger partial charge in [-0.15, -0.1) is 0 Å². The minimum Gasteiger partial charge on any atom is -0.392 e. The van der Waals surface area contributed by atoms with Crippen LogP contribution in [0.5, 0.6) is 0 Å². The van der Waals surface area contributed by atoms with Crippen molar-refractivity contribution < 1.29 is 29.9 Å². The van der Waals surface area contributed by atoms with Gasteiger partial charge in [-0.25, -0.2) is 0 Å². The highest BCUT2D eigenvalue weighted by molar-refractivity contribution is 5.38. The van der Waals surface area contributed by atoms with E-state index in [-0.39, 0.29) is 41.9 Å². The first-order valence-electron chi connectivity index (χ1n) is 11.4. The monoisotopic (exact) mass is 409 g/mol. The zero-order valence-corrected chi connectivity index (χ0v) is 17.6. The molecule has 0 aromatic rings. The lowest BCUT2D eigenvalue weighted by molar-refractivity contribution is -0.317. The predicted molar refractivity (Wildman–Crippen MR) is 103 cm³/mol. The second kappa shape index (κ2) is 5.55. The first kappa shape index (κ1) is 19.4. The molecule has 0 aromatic carbocycles. The third kappa shape index (κ3) is 1.77. The van der Waals surface area contributed by atoms with E-state index in [1.807, 2.05) is 6.92 Å². The van der Waals surface area contributed by atoms with Gasteiger partial charge in [-0.1, -0.05) is 6.92 Å². The van der Waals surface area contributed by atoms with Crippen LogP contribution >= 0.6 is 0 Å². The van der Waals surface area contributed by atoms with E-state index in [1.165, 1.54) is 0 Å². The molecule has 1 heterocycles. The zero-order chi connectivity index (χ0) is 20.6. The molecular formula is C22H35NO6. The number of nitrogens with zero attached hydrogens (tertiary/aromatic N) is 1. The Morgan fingerprint density at radius 3 is 2.48 bits per heavy atom. The topological polar surface area (TPSA) is 103 Å². The molecule has 4 N–H and O–H groups in total. The predicted octanol–water partition coefficient (Wildman–Crippen LogP) is -0.256. The van der Waals surface area contributed by atoms with E-state index < -0.39 is 28.3 Å². The summed E-state index contributed by atoms with van der Waals surface area (Å²) in [5.74, 6) is -0.315. The molecule has 29 heavy (non-hydrogen) atoms. The number of hydrogen-bond donors (Lipinski definition) is 4. The van der Waals surface area contributed by atoms with E-state index >= 15 is 0 Å². The number of hydrogen-bond acceptors (Lipinski definition) is 7. The highest BCUT2D eigenvalue weighted by Gasteiger charge is 2.88. The molecule has 1 spiro atoms. The number of likely N-dealkylation sites (tertiary alicyclic amines) is 1. The smallest absolute Gasteiger partial charge is 0.110 e. The van der Waals surface area contributed by atoms with Crippen molar-refractivity contribution in [1.82, 2.24) is 4.90 Å². The molecule has 6 fully saturated rings. The fourth-order valence-corrected chi connectivity index (χ4v) is 9.94. The Balaban J connectivity index is 1.63. The van der Waals surface area contributed by atoms with Gasteiger partial charge in [-0.05, 0) is 38.1 Å². The van der Waals surface area contributed by atoms with Crippen LogP contribution in [0.2, 0.25) is 0 Å². The molecule has 1 aliphatic heterocycles. The average Bonchev–Trinajstić information content (AvgIpc) is 3.13. The molecule has 0 aromatic heterocycles. The van der Waals surface area contributed by atoms with Crippen molar-refractivity contribution >= 4 is 0 Å². The molecule has 0 unspecified atom stereocenters. The van der Waals surface area contributed by atoms with Crippen LogP contribution in [0, 0.1) is 29.1 Å². The van der Waals surface area contributed by atoms with Crippen LogP contribution in [-0.2, 0) is 9.47 Å². The summed E-state index contributed by atoms with van der Waals surface area (Å²) in [7, 11) is 3.36. The molecule has 5 aliphatic carbocycles. The largest absolute Gasteiger partial charge is 0.392 e. The Hall–Kier alpha value is -0.280. The summed E-state index contributed by atoms with van der Waals surface area (Å²) >= 11 is 0. The van der Waals surface area contributed by atoms with Crippen LogP contribution < -0.4 is 0 Å². The fourth-order valence-electron chi connectivity index (χ4n) is 9.94. The number of aliphatic hydroxyl groups is 4. The third-order valence-corrected chi connectivity index (χ3v) is 10.6. The second-order valence-electron chi connectivity index (χ2n) is 10.9. The van der Waals surface area contributed by atoms with E-state index in [0.29, 0.717) is 38.8 Å². The first-order valence-corrected chi connectivity index (χ1v) is 11.4. The van der Waals surface area contributed by atoms with Gasteiger partial charge >= 0.3 is 0 Å². The Morgan fingerprint density at radius 2 is 1.83 bits per heavy atom. The van der Waals surface area contributed by atoms with E-state index in [9.17, 15) is 20.4 Å². The van der Waals surface area contributed by atoms with Crippen molar-refractivity contribution in [3.63, 3.8) is 0 Å². The SMILES string of the molecule is CCN1C[C@]2(O)CC[C@H](O)[C@@]34[C@@H]5C[C@H]6[C@H](OC)[C@@H]5[C@](O)(C[C@@H]6OC)[C@](O)(C[C@H]23)[C@@H]14. The molecule has 6 aliphatic rings. The number of aliphatic hydroxyl groups excluding tert-OH is 1. The van der Waals surface area contributed by atoms with Gasteiger partial charge in [0.25, 0.3) is 0 Å². The number of β-amino-alcohol motifs (C(OH)–C–C–N with tert-alkyl or cyclic N) is 1. The van der Waals surface area contributed by atoms with Crippen molar-refractivity contribution in [3.8, 4) is 0 Å². The summed E-state index contributed by atoms with van der Waals surface area (Å²) in [6.07, 6.45) is 1.65. The van der Waals surface area contributed by atoms with Crippen LogP contribution in [0.3, 0.4) is 0 Å². The first-order chi connectivity index (χ1) is 13.7. The number of methoxy groups -OCH3 is 2. The van der Waals surface area contributed by atoms with E-state index in [2.05, 4.69) is 4.90 Å². The average molecular weight is 410 g/mol. The van der Waals surface area contributed by atoms with Crippen LogP contribution in [0.15, 0.2) is 0 Å². The van der Waals surface area contributed by atoms with Crippen LogP contribution in [0.25, 0.3) is 0 Å². The minimum absolute atomic E-state index is 0.00319. The lowest BCUT2D eigenvalue weighted by atomic mass is 9.44. The molecule has 7 bridgehead atoms. The van der Waals surface area contributed by atoms with Gasteiger partial charge in [0.2, 0.25) is 0 Å². The molecule has 7 heteroatoms. The minimum atomic E-state index is -1.40. The number of piperidine rings is 1. The standard InChI is InChI=1S/C22H35NO6/c1-4-23-10-19(25)6-5-15(24)22-12-7-11-13(28-2)8-20(26,16(12)17(11)29-3)21(27,18(22)23)9-14(19)22/h11-18,24-27H,4-10H2,1-3H3/t11-,12-,13+,14-,15+,16-,17+,18-,19-,20-,21+,22-/m1/s1. The molecular weight excluding hydrogens is 374 g/mol.